The maximum atomic E-state index is 12.4. The minimum Gasteiger partial charge on any atom is -0.399 e. The highest BCUT2D eigenvalue weighted by atomic mass is 16.3. The fourth-order valence-corrected chi connectivity index (χ4v) is 2.23. The number of aliphatic hydroxyl groups is 1. The maximum absolute atomic E-state index is 12.4. The number of anilines is 3. The van der Waals surface area contributed by atoms with Crippen LogP contribution >= 0.6 is 0 Å². The largest absolute Gasteiger partial charge is 0.399 e. The van der Waals surface area contributed by atoms with Gasteiger partial charge in [-0.3, -0.25) is 9.78 Å². The number of benzene rings is 1. The van der Waals surface area contributed by atoms with Gasteiger partial charge in [0.1, 0.15) is 5.82 Å². The Kier molecular flexibility index (Phi) is 5.35. The van der Waals surface area contributed by atoms with Crippen LogP contribution in [0.1, 0.15) is 10.4 Å². The lowest BCUT2D eigenvalue weighted by atomic mass is 10.2. The lowest BCUT2D eigenvalue weighted by Crippen LogP contribution is -2.15. The van der Waals surface area contributed by atoms with E-state index in [2.05, 4.69) is 25.6 Å². The highest BCUT2D eigenvalue weighted by Crippen LogP contribution is 2.20. The van der Waals surface area contributed by atoms with Crippen molar-refractivity contribution in [1.82, 2.24) is 15.0 Å². The summed E-state index contributed by atoms with van der Waals surface area (Å²) in [6.07, 6.45) is 1.66. The highest BCUT2D eigenvalue weighted by Gasteiger charge is 2.11. The number of nitrogens with zero attached hydrogens (tertiary/aromatic N) is 3. The number of hydrogen-bond acceptors (Lipinski definition) is 7. The van der Waals surface area contributed by atoms with Crippen molar-refractivity contribution in [2.45, 2.75) is 0 Å². The SMILES string of the molecule is Nc1ccc(C(=O)Nc2cc(-c3ccccn3)nc(NCCO)n2)cc1. The van der Waals surface area contributed by atoms with Crippen LogP contribution in [0.3, 0.4) is 0 Å². The Labute approximate surface area is 150 Å². The number of nitrogen functional groups attached to an aromatic ring is 1. The topological polar surface area (TPSA) is 126 Å². The zero-order valence-corrected chi connectivity index (χ0v) is 13.9. The third-order valence-corrected chi connectivity index (χ3v) is 3.46. The van der Waals surface area contributed by atoms with E-state index in [0.29, 0.717) is 28.5 Å². The summed E-state index contributed by atoms with van der Waals surface area (Å²) in [6, 6.07) is 13.7. The smallest absolute Gasteiger partial charge is 0.256 e. The van der Waals surface area contributed by atoms with Crippen LogP contribution < -0.4 is 16.4 Å². The van der Waals surface area contributed by atoms with Gasteiger partial charge in [0.15, 0.2) is 0 Å². The van der Waals surface area contributed by atoms with E-state index >= 15 is 0 Å². The summed E-state index contributed by atoms with van der Waals surface area (Å²) in [5.74, 6) is 0.293. The van der Waals surface area contributed by atoms with Gasteiger partial charge in [0.05, 0.1) is 18.0 Å². The molecular weight excluding hydrogens is 332 g/mol. The minimum absolute atomic E-state index is 0.0652. The van der Waals surface area contributed by atoms with Gasteiger partial charge in [-0.05, 0) is 36.4 Å². The summed E-state index contributed by atoms with van der Waals surface area (Å²) in [6.45, 7) is 0.224. The Morgan fingerprint density at radius 3 is 2.58 bits per heavy atom. The van der Waals surface area contributed by atoms with E-state index in [9.17, 15) is 4.79 Å². The minimum atomic E-state index is -0.316. The number of aromatic nitrogens is 3. The number of nitrogens with two attached hydrogens (primary N) is 1. The first-order valence-electron chi connectivity index (χ1n) is 7.98. The molecule has 5 N–H and O–H groups in total. The number of carbonyl (C=O) groups is 1. The van der Waals surface area contributed by atoms with Crippen molar-refractivity contribution in [2.75, 3.05) is 29.5 Å². The van der Waals surface area contributed by atoms with Crippen LogP contribution in [0.2, 0.25) is 0 Å². The molecule has 1 amide bonds. The lowest BCUT2D eigenvalue weighted by Gasteiger charge is -2.10. The fourth-order valence-electron chi connectivity index (χ4n) is 2.23. The van der Waals surface area contributed by atoms with Gasteiger partial charge in [0, 0.05) is 30.1 Å². The molecule has 0 atom stereocenters. The fraction of sp³-hybridized carbons (Fsp3) is 0.111. The van der Waals surface area contributed by atoms with Crippen LogP contribution in [-0.2, 0) is 0 Å². The Hall–Kier alpha value is -3.52. The van der Waals surface area contributed by atoms with Crippen molar-refractivity contribution in [3.8, 4) is 11.4 Å². The molecule has 0 fully saturated rings. The summed E-state index contributed by atoms with van der Waals surface area (Å²) in [7, 11) is 0. The summed E-state index contributed by atoms with van der Waals surface area (Å²) in [5.41, 5.74) is 7.88. The van der Waals surface area contributed by atoms with Crippen molar-refractivity contribution >= 4 is 23.4 Å². The molecule has 132 valence electrons. The highest BCUT2D eigenvalue weighted by molar-refractivity contribution is 6.04. The van der Waals surface area contributed by atoms with Gasteiger partial charge in [0.2, 0.25) is 5.95 Å². The average molecular weight is 350 g/mol. The third-order valence-electron chi connectivity index (χ3n) is 3.46. The first-order valence-corrected chi connectivity index (χ1v) is 7.98. The second-order valence-electron chi connectivity index (χ2n) is 5.40. The monoisotopic (exact) mass is 350 g/mol. The molecule has 0 bridgehead atoms. The molecule has 3 rings (SSSR count). The Morgan fingerprint density at radius 1 is 1.08 bits per heavy atom. The van der Waals surface area contributed by atoms with Crippen LogP contribution in [0.25, 0.3) is 11.4 Å². The van der Waals surface area contributed by atoms with E-state index in [1.165, 1.54) is 0 Å². The number of rotatable bonds is 6. The Balaban J connectivity index is 1.89. The van der Waals surface area contributed by atoms with Crippen molar-refractivity contribution in [2.24, 2.45) is 0 Å². The molecule has 8 heteroatoms. The first kappa shape index (κ1) is 17.3. The second kappa shape index (κ2) is 8.04. The zero-order valence-electron chi connectivity index (χ0n) is 13.9. The van der Waals surface area contributed by atoms with Gasteiger partial charge in [0.25, 0.3) is 5.91 Å². The summed E-state index contributed by atoms with van der Waals surface area (Å²) in [5, 5.41) is 14.6. The standard InChI is InChI=1S/C18H18N6O2/c19-13-6-4-12(5-7-13)17(26)23-16-11-15(14-3-1-2-8-20-14)22-18(24-16)21-9-10-25/h1-8,11,25H,9-10,19H2,(H2,21,22,23,24,26). The molecule has 8 nitrogen and oxygen atoms in total. The van der Waals surface area contributed by atoms with Crippen molar-refractivity contribution < 1.29 is 9.90 Å². The molecule has 0 saturated carbocycles. The quantitative estimate of drug-likeness (QED) is 0.499. The number of amides is 1. The van der Waals surface area contributed by atoms with Crippen LogP contribution in [0, 0.1) is 0 Å². The second-order valence-corrected chi connectivity index (χ2v) is 5.40. The molecule has 1 aromatic carbocycles. The molecule has 0 spiro atoms. The van der Waals surface area contributed by atoms with E-state index in [-0.39, 0.29) is 25.0 Å². The number of pyridine rings is 1. The summed E-state index contributed by atoms with van der Waals surface area (Å²) >= 11 is 0. The lowest BCUT2D eigenvalue weighted by molar-refractivity contribution is 0.102. The van der Waals surface area contributed by atoms with Crippen molar-refractivity contribution in [3.63, 3.8) is 0 Å². The summed E-state index contributed by atoms with van der Waals surface area (Å²) in [4.78, 5) is 25.3. The van der Waals surface area contributed by atoms with E-state index in [1.54, 1.807) is 42.6 Å². The number of carbonyl (C=O) groups excluding carboxylic acids is 1. The van der Waals surface area contributed by atoms with Crippen LogP contribution in [0.4, 0.5) is 17.5 Å². The van der Waals surface area contributed by atoms with E-state index < -0.39 is 0 Å². The molecule has 2 aromatic heterocycles. The predicted molar refractivity (Wildman–Crippen MR) is 99.6 cm³/mol. The third kappa shape index (κ3) is 4.31. The number of nitrogens with one attached hydrogen (secondary N) is 2. The Morgan fingerprint density at radius 2 is 1.88 bits per heavy atom. The normalized spacial score (nSPS) is 10.3. The molecule has 26 heavy (non-hydrogen) atoms. The van der Waals surface area contributed by atoms with E-state index in [0.717, 1.165) is 0 Å². The van der Waals surface area contributed by atoms with Crippen LogP contribution in [-0.4, -0.2) is 39.1 Å². The van der Waals surface area contributed by atoms with Crippen molar-refractivity contribution in [1.29, 1.82) is 0 Å². The average Bonchev–Trinajstić information content (AvgIpc) is 2.67. The van der Waals surface area contributed by atoms with Gasteiger partial charge < -0.3 is 21.5 Å². The van der Waals surface area contributed by atoms with Gasteiger partial charge in [-0.2, -0.15) is 4.98 Å². The van der Waals surface area contributed by atoms with E-state index in [4.69, 9.17) is 10.8 Å². The maximum Gasteiger partial charge on any atom is 0.256 e. The molecule has 2 heterocycles. The van der Waals surface area contributed by atoms with Gasteiger partial charge >= 0.3 is 0 Å². The Bertz CT molecular complexity index is 884. The molecule has 0 aliphatic heterocycles. The molecule has 0 unspecified atom stereocenters. The number of hydrogen-bond donors (Lipinski definition) is 4. The van der Waals surface area contributed by atoms with Gasteiger partial charge in [-0.15, -0.1) is 0 Å². The summed E-state index contributed by atoms with van der Waals surface area (Å²) < 4.78 is 0. The molecular formula is C18H18N6O2. The molecule has 0 radical (unpaired) electrons. The molecule has 0 aliphatic rings. The molecule has 0 saturated heterocycles. The molecule has 3 aromatic rings. The van der Waals surface area contributed by atoms with Crippen molar-refractivity contribution in [3.05, 3.63) is 60.3 Å². The predicted octanol–water partition coefficient (Wildman–Crippen LogP) is 1.78. The number of aliphatic hydroxyl groups excluding tert-OH is 1. The molecule has 0 aliphatic carbocycles. The van der Waals surface area contributed by atoms with E-state index in [1.807, 2.05) is 12.1 Å². The zero-order chi connectivity index (χ0) is 18.4. The van der Waals surface area contributed by atoms with Crippen LogP contribution in [0.5, 0.6) is 0 Å². The first-order chi connectivity index (χ1) is 12.7. The van der Waals surface area contributed by atoms with Gasteiger partial charge in [-0.1, -0.05) is 6.07 Å². The van der Waals surface area contributed by atoms with Crippen LogP contribution in [0.15, 0.2) is 54.7 Å². The van der Waals surface area contributed by atoms with Gasteiger partial charge in [-0.25, -0.2) is 4.98 Å².